The van der Waals surface area contributed by atoms with E-state index in [4.69, 9.17) is 22.7 Å². The quantitative estimate of drug-likeness (QED) is 0.860. The van der Waals surface area contributed by atoms with Crippen LogP contribution in [0.25, 0.3) is 0 Å². The lowest BCUT2D eigenvalue weighted by molar-refractivity contribution is 0.450. The number of benzene rings is 1. The number of nitrogens with zero attached hydrogens (tertiary/aromatic N) is 2. The van der Waals surface area contributed by atoms with Gasteiger partial charge in [-0.05, 0) is 42.7 Å². The number of rotatable bonds is 5. The van der Waals surface area contributed by atoms with E-state index >= 15 is 0 Å². The summed E-state index contributed by atoms with van der Waals surface area (Å²) in [6.45, 7) is 3.99. The topological polar surface area (TPSA) is 61.0 Å². The van der Waals surface area contributed by atoms with Gasteiger partial charge in [-0.2, -0.15) is 5.10 Å². The number of halogens is 1. The van der Waals surface area contributed by atoms with Crippen molar-refractivity contribution < 1.29 is 9.13 Å². The number of ether oxygens (including phenoxy) is 1. The standard InChI is InChI=1S/C15H16FN3OS/c1-3-11-12(4-2)18-19-15(13(11)14(17)21)20-10-7-5-9(16)6-8-10/h5-8H,3-4H2,1-2H3,(H2,17,21). The molecule has 0 unspecified atom stereocenters. The maximum atomic E-state index is 12.9. The Balaban J connectivity index is 2.48. The average Bonchev–Trinajstić information content (AvgIpc) is 2.48. The second kappa shape index (κ2) is 6.58. The summed E-state index contributed by atoms with van der Waals surface area (Å²) in [4.78, 5) is 0.216. The molecule has 0 spiro atoms. The van der Waals surface area contributed by atoms with Crippen molar-refractivity contribution >= 4 is 17.2 Å². The second-order valence-electron chi connectivity index (χ2n) is 4.43. The molecule has 4 nitrogen and oxygen atoms in total. The Kier molecular flexibility index (Phi) is 4.80. The minimum Gasteiger partial charge on any atom is -0.437 e. The van der Waals surface area contributed by atoms with E-state index < -0.39 is 0 Å². The first-order valence-corrected chi connectivity index (χ1v) is 7.09. The molecule has 0 saturated heterocycles. The molecule has 1 heterocycles. The fourth-order valence-corrected chi connectivity index (χ4v) is 2.30. The van der Waals surface area contributed by atoms with Gasteiger partial charge >= 0.3 is 0 Å². The van der Waals surface area contributed by atoms with E-state index in [-0.39, 0.29) is 16.7 Å². The molecule has 0 radical (unpaired) electrons. The predicted molar refractivity (Wildman–Crippen MR) is 83.1 cm³/mol. The van der Waals surface area contributed by atoms with Crippen LogP contribution in [-0.4, -0.2) is 15.2 Å². The van der Waals surface area contributed by atoms with Crippen molar-refractivity contribution in [3.63, 3.8) is 0 Å². The highest BCUT2D eigenvalue weighted by Crippen LogP contribution is 2.27. The van der Waals surface area contributed by atoms with Crippen LogP contribution < -0.4 is 10.5 Å². The van der Waals surface area contributed by atoms with E-state index in [0.29, 0.717) is 11.3 Å². The summed E-state index contributed by atoms with van der Waals surface area (Å²) in [6, 6.07) is 5.65. The summed E-state index contributed by atoms with van der Waals surface area (Å²) >= 11 is 5.12. The Bertz CT molecular complexity index is 659. The van der Waals surface area contributed by atoms with Crippen LogP contribution in [0.2, 0.25) is 0 Å². The van der Waals surface area contributed by atoms with Gasteiger partial charge in [0.25, 0.3) is 0 Å². The van der Waals surface area contributed by atoms with E-state index in [1.807, 2.05) is 13.8 Å². The van der Waals surface area contributed by atoms with Crippen LogP contribution in [-0.2, 0) is 12.8 Å². The molecular formula is C15H16FN3OS. The van der Waals surface area contributed by atoms with Crippen molar-refractivity contribution in [3.05, 3.63) is 46.9 Å². The van der Waals surface area contributed by atoms with Crippen LogP contribution in [0.1, 0.15) is 30.7 Å². The third-order valence-electron chi connectivity index (χ3n) is 3.09. The minimum atomic E-state index is -0.335. The van der Waals surface area contributed by atoms with Crippen molar-refractivity contribution in [2.75, 3.05) is 0 Å². The third kappa shape index (κ3) is 3.33. The molecule has 2 N–H and O–H groups in total. The number of hydrogen-bond acceptors (Lipinski definition) is 4. The first-order chi connectivity index (χ1) is 10.1. The van der Waals surface area contributed by atoms with Crippen molar-refractivity contribution in [2.45, 2.75) is 26.7 Å². The van der Waals surface area contributed by atoms with Gasteiger partial charge in [0.1, 0.15) is 16.6 Å². The molecule has 21 heavy (non-hydrogen) atoms. The molecule has 1 aromatic heterocycles. The van der Waals surface area contributed by atoms with E-state index in [1.165, 1.54) is 24.3 Å². The lowest BCUT2D eigenvalue weighted by atomic mass is 10.0. The molecule has 110 valence electrons. The van der Waals surface area contributed by atoms with Gasteiger partial charge in [0.2, 0.25) is 5.88 Å². The monoisotopic (exact) mass is 305 g/mol. The van der Waals surface area contributed by atoms with Gasteiger partial charge < -0.3 is 10.5 Å². The Morgan fingerprint density at radius 1 is 1.19 bits per heavy atom. The summed E-state index contributed by atoms with van der Waals surface area (Å²) in [7, 11) is 0. The summed E-state index contributed by atoms with van der Waals surface area (Å²) in [5.74, 6) is 0.372. The van der Waals surface area contributed by atoms with Crippen LogP contribution in [0.4, 0.5) is 4.39 Å². The lowest BCUT2D eigenvalue weighted by Gasteiger charge is -2.14. The zero-order valence-electron chi connectivity index (χ0n) is 11.9. The summed E-state index contributed by atoms with van der Waals surface area (Å²) in [6.07, 6.45) is 1.47. The average molecular weight is 305 g/mol. The molecule has 0 aliphatic heterocycles. The Labute approximate surface area is 128 Å². The first-order valence-electron chi connectivity index (χ1n) is 6.68. The summed E-state index contributed by atoms with van der Waals surface area (Å²) in [5.41, 5.74) is 8.21. The fraction of sp³-hybridized carbons (Fsp3) is 0.267. The zero-order chi connectivity index (χ0) is 15.4. The normalized spacial score (nSPS) is 10.4. The number of aryl methyl sites for hydroxylation is 1. The maximum Gasteiger partial charge on any atom is 0.249 e. The van der Waals surface area contributed by atoms with Crippen LogP contribution in [0, 0.1) is 5.82 Å². The molecule has 0 atom stereocenters. The van der Waals surface area contributed by atoms with Crippen LogP contribution in [0.5, 0.6) is 11.6 Å². The van der Waals surface area contributed by atoms with Gasteiger partial charge in [-0.1, -0.05) is 26.1 Å². The second-order valence-corrected chi connectivity index (χ2v) is 4.87. The fourth-order valence-electron chi connectivity index (χ4n) is 2.09. The van der Waals surface area contributed by atoms with Crippen LogP contribution in [0.15, 0.2) is 24.3 Å². The van der Waals surface area contributed by atoms with Gasteiger partial charge in [0.15, 0.2) is 0 Å². The van der Waals surface area contributed by atoms with Gasteiger partial charge in [0, 0.05) is 0 Å². The largest absolute Gasteiger partial charge is 0.437 e. The van der Waals surface area contributed by atoms with Gasteiger partial charge in [0.05, 0.1) is 11.3 Å². The number of nitrogens with two attached hydrogens (primary N) is 1. The Hall–Kier alpha value is -2.08. The highest BCUT2D eigenvalue weighted by Gasteiger charge is 2.18. The molecular weight excluding hydrogens is 289 g/mol. The van der Waals surface area contributed by atoms with E-state index in [2.05, 4.69) is 10.2 Å². The molecule has 0 aliphatic carbocycles. The van der Waals surface area contributed by atoms with Crippen LogP contribution in [0.3, 0.4) is 0 Å². The van der Waals surface area contributed by atoms with Crippen molar-refractivity contribution in [3.8, 4) is 11.6 Å². The van der Waals surface area contributed by atoms with Crippen molar-refractivity contribution in [1.82, 2.24) is 10.2 Å². The van der Waals surface area contributed by atoms with Gasteiger partial charge in [-0.3, -0.25) is 0 Å². The van der Waals surface area contributed by atoms with Crippen molar-refractivity contribution in [2.24, 2.45) is 5.73 Å². The summed E-state index contributed by atoms with van der Waals surface area (Å²) in [5, 5.41) is 8.22. The molecule has 0 saturated carbocycles. The summed E-state index contributed by atoms with van der Waals surface area (Å²) < 4.78 is 18.6. The smallest absolute Gasteiger partial charge is 0.249 e. The predicted octanol–water partition coefficient (Wildman–Crippen LogP) is 3.17. The molecule has 1 aromatic carbocycles. The van der Waals surface area contributed by atoms with Crippen LogP contribution >= 0.6 is 12.2 Å². The van der Waals surface area contributed by atoms with Gasteiger partial charge in [-0.15, -0.1) is 5.10 Å². The molecule has 2 aromatic rings. The molecule has 0 fully saturated rings. The van der Waals surface area contributed by atoms with Gasteiger partial charge in [-0.25, -0.2) is 4.39 Å². The highest BCUT2D eigenvalue weighted by atomic mass is 32.1. The highest BCUT2D eigenvalue weighted by molar-refractivity contribution is 7.80. The van der Waals surface area contributed by atoms with E-state index in [9.17, 15) is 4.39 Å². The molecule has 2 rings (SSSR count). The third-order valence-corrected chi connectivity index (χ3v) is 3.29. The number of hydrogen-bond donors (Lipinski definition) is 1. The molecule has 0 amide bonds. The number of thiocarbonyl (C=S) groups is 1. The van der Waals surface area contributed by atoms with E-state index in [1.54, 1.807) is 0 Å². The molecule has 0 bridgehead atoms. The Morgan fingerprint density at radius 2 is 1.86 bits per heavy atom. The number of aromatic nitrogens is 2. The molecule has 6 heteroatoms. The lowest BCUT2D eigenvalue weighted by Crippen LogP contribution is -2.17. The SMILES string of the molecule is CCc1nnc(Oc2ccc(F)cc2)c(C(N)=S)c1CC. The first kappa shape index (κ1) is 15.3. The Morgan fingerprint density at radius 3 is 2.38 bits per heavy atom. The van der Waals surface area contributed by atoms with E-state index in [0.717, 1.165) is 24.1 Å². The van der Waals surface area contributed by atoms with Crippen molar-refractivity contribution in [1.29, 1.82) is 0 Å². The minimum absolute atomic E-state index is 0.216. The molecule has 0 aliphatic rings. The maximum absolute atomic E-state index is 12.9. The zero-order valence-corrected chi connectivity index (χ0v) is 12.7.